The average molecular weight is 471 g/mol. The summed E-state index contributed by atoms with van der Waals surface area (Å²) in [7, 11) is 0. The van der Waals surface area contributed by atoms with E-state index in [9.17, 15) is 19.5 Å². The normalized spacial score (nSPS) is 10.6. The predicted octanol–water partition coefficient (Wildman–Crippen LogP) is 3.05. The summed E-state index contributed by atoms with van der Waals surface area (Å²) >= 11 is 6.05. The van der Waals surface area contributed by atoms with E-state index in [4.69, 9.17) is 5.11 Å². The third-order valence-electron chi connectivity index (χ3n) is 3.31. The van der Waals surface area contributed by atoms with Crippen LogP contribution in [0.2, 0.25) is 0 Å². The second-order valence-corrected chi connectivity index (χ2v) is 7.81. The zero-order valence-corrected chi connectivity index (χ0v) is 16.5. The Hall–Kier alpha value is -2.70. The summed E-state index contributed by atoms with van der Waals surface area (Å²) in [5, 5.41) is 29.0. The van der Waals surface area contributed by atoms with E-state index < -0.39 is 29.0 Å². The van der Waals surface area contributed by atoms with Gasteiger partial charge in [-0.3, -0.25) is 4.79 Å². The molecule has 0 spiro atoms. The molecule has 0 aliphatic rings. The van der Waals surface area contributed by atoms with E-state index in [0.717, 1.165) is 9.35 Å². The molecule has 3 aromatic heterocycles. The molecule has 0 saturated heterocycles. The quantitative estimate of drug-likeness (QED) is 0.387. The fraction of sp³-hybridized carbons (Fsp3) is 0.0667. The first kappa shape index (κ1) is 19.1. The molecule has 0 bridgehead atoms. The number of aromatic amines is 1. The predicted molar refractivity (Wildman–Crippen MR) is 105 cm³/mol. The highest BCUT2D eigenvalue weighted by molar-refractivity contribution is 9.10. The number of rotatable bonds is 5. The van der Waals surface area contributed by atoms with Gasteiger partial charge in [0.2, 0.25) is 5.75 Å². The first-order chi connectivity index (χ1) is 12.8. The van der Waals surface area contributed by atoms with Crippen LogP contribution < -0.4 is 16.2 Å². The SMILES string of the molecule is O=C(NCc1cc(Br)cs1)Nc1cscc1-c1nc(C(=O)O)c(O)c(=O)[nH]1. The van der Waals surface area contributed by atoms with Crippen LogP contribution in [0.4, 0.5) is 10.5 Å². The van der Waals surface area contributed by atoms with Crippen LogP contribution >= 0.6 is 38.6 Å². The molecular weight excluding hydrogens is 460 g/mol. The Kier molecular flexibility index (Phi) is 5.58. The smallest absolute Gasteiger partial charge is 0.358 e. The maximum absolute atomic E-state index is 12.1. The van der Waals surface area contributed by atoms with Crippen LogP contribution in [-0.4, -0.2) is 32.2 Å². The summed E-state index contributed by atoms with van der Waals surface area (Å²) in [4.78, 5) is 42.0. The summed E-state index contributed by atoms with van der Waals surface area (Å²) < 4.78 is 0.932. The maximum Gasteiger partial charge on any atom is 0.358 e. The molecule has 0 aliphatic carbocycles. The molecule has 0 saturated carbocycles. The third kappa shape index (κ3) is 4.35. The van der Waals surface area contributed by atoms with Gasteiger partial charge in [0, 0.05) is 25.5 Å². The number of carbonyl (C=O) groups excluding carboxylic acids is 1. The molecule has 3 heterocycles. The summed E-state index contributed by atoms with van der Waals surface area (Å²) in [5.74, 6) is -2.59. The lowest BCUT2D eigenvalue weighted by atomic mass is 10.2. The van der Waals surface area contributed by atoms with Gasteiger partial charge < -0.3 is 25.8 Å². The average Bonchev–Trinajstić information content (AvgIpc) is 3.24. The largest absolute Gasteiger partial charge is 0.501 e. The van der Waals surface area contributed by atoms with Crippen molar-refractivity contribution < 1.29 is 19.8 Å². The second kappa shape index (κ2) is 7.90. The van der Waals surface area contributed by atoms with Crippen LogP contribution in [0.25, 0.3) is 11.4 Å². The number of thiophene rings is 2. The number of nitrogens with zero attached hydrogens (tertiary/aromatic N) is 1. The van der Waals surface area contributed by atoms with E-state index in [1.165, 1.54) is 22.7 Å². The van der Waals surface area contributed by atoms with Crippen molar-refractivity contribution in [2.45, 2.75) is 6.54 Å². The van der Waals surface area contributed by atoms with Crippen molar-refractivity contribution >= 4 is 56.3 Å². The number of H-pyrrole nitrogens is 1. The Labute approximate surface area is 167 Å². The van der Waals surface area contributed by atoms with Crippen LogP contribution in [0.5, 0.6) is 5.75 Å². The number of urea groups is 1. The van der Waals surface area contributed by atoms with Gasteiger partial charge in [-0.15, -0.1) is 22.7 Å². The number of carbonyl (C=O) groups is 2. The molecule has 0 unspecified atom stereocenters. The highest BCUT2D eigenvalue weighted by atomic mass is 79.9. The standard InChI is InChI=1S/C15H11BrN4O5S2/c16-6-1-7(27-3-6)2-17-15(25)18-9-5-26-4-8(9)12-19-10(14(23)24)11(21)13(22)20-12/h1,3-5,21H,2H2,(H,23,24)(H2,17,18,25)(H,19,20,22). The lowest BCUT2D eigenvalue weighted by Gasteiger charge is -2.08. The number of amides is 2. The lowest BCUT2D eigenvalue weighted by Crippen LogP contribution is -2.28. The van der Waals surface area contributed by atoms with Crippen molar-refractivity contribution in [2.24, 2.45) is 0 Å². The molecule has 0 radical (unpaired) electrons. The van der Waals surface area contributed by atoms with Crippen molar-refractivity contribution in [3.05, 3.63) is 47.6 Å². The highest BCUT2D eigenvalue weighted by Crippen LogP contribution is 2.29. The van der Waals surface area contributed by atoms with Gasteiger partial charge in [0.05, 0.1) is 17.8 Å². The van der Waals surface area contributed by atoms with Crippen molar-refractivity contribution in [1.29, 1.82) is 0 Å². The Bertz CT molecular complexity index is 1070. The highest BCUT2D eigenvalue weighted by Gasteiger charge is 2.19. The minimum atomic E-state index is -1.54. The molecule has 0 fully saturated rings. The fourth-order valence-corrected chi connectivity index (χ4v) is 4.26. The number of aromatic carboxylic acids is 1. The topological polar surface area (TPSA) is 144 Å². The number of hydrogen-bond donors (Lipinski definition) is 5. The van der Waals surface area contributed by atoms with E-state index in [1.54, 1.807) is 10.8 Å². The molecule has 27 heavy (non-hydrogen) atoms. The number of halogens is 1. The molecule has 5 N–H and O–H groups in total. The number of anilines is 1. The van der Waals surface area contributed by atoms with Gasteiger partial charge in [-0.2, -0.15) is 0 Å². The van der Waals surface area contributed by atoms with Crippen LogP contribution in [0.3, 0.4) is 0 Å². The minimum Gasteiger partial charge on any atom is -0.501 e. The number of aromatic hydroxyl groups is 1. The molecule has 0 atom stereocenters. The fourth-order valence-electron chi connectivity index (χ4n) is 2.10. The molecule has 3 rings (SSSR count). The molecule has 0 aromatic carbocycles. The van der Waals surface area contributed by atoms with Crippen LogP contribution in [0.15, 0.2) is 31.5 Å². The van der Waals surface area contributed by atoms with Gasteiger partial charge in [-0.05, 0) is 22.0 Å². The zero-order valence-electron chi connectivity index (χ0n) is 13.3. The summed E-state index contributed by atoms with van der Waals surface area (Å²) in [6.07, 6.45) is 0. The van der Waals surface area contributed by atoms with Crippen LogP contribution in [0, 0.1) is 0 Å². The first-order valence-electron chi connectivity index (χ1n) is 7.26. The van der Waals surface area contributed by atoms with Crippen molar-refractivity contribution in [3.63, 3.8) is 0 Å². The molecule has 9 nitrogen and oxygen atoms in total. The number of aromatic nitrogens is 2. The Morgan fingerprint density at radius 2 is 2.07 bits per heavy atom. The van der Waals surface area contributed by atoms with Crippen LogP contribution in [-0.2, 0) is 6.54 Å². The maximum atomic E-state index is 12.1. The van der Waals surface area contributed by atoms with Gasteiger partial charge in [0.1, 0.15) is 5.82 Å². The number of carboxylic acids is 1. The zero-order chi connectivity index (χ0) is 19.6. The summed E-state index contributed by atoms with van der Waals surface area (Å²) in [5.41, 5.74) is -1.08. The molecule has 2 amide bonds. The van der Waals surface area contributed by atoms with Gasteiger partial charge in [-0.1, -0.05) is 0 Å². The van der Waals surface area contributed by atoms with E-state index in [1.807, 2.05) is 11.4 Å². The second-order valence-electron chi connectivity index (χ2n) is 5.15. The third-order valence-corrected chi connectivity index (χ3v) is 5.75. The summed E-state index contributed by atoms with van der Waals surface area (Å²) in [6, 6.07) is 1.42. The Balaban J connectivity index is 1.79. The van der Waals surface area contributed by atoms with E-state index >= 15 is 0 Å². The molecule has 3 aromatic rings. The monoisotopic (exact) mass is 470 g/mol. The van der Waals surface area contributed by atoms with E-state index in [0.29, 0.717) is 17.8 Å². The lowest BCUT2D eigenvalue weighted by molar-refractivity contribution is 0.0686. The van der Waals surface area contributed by atoms with Gasteiger partial charge in [0.25, 0.3) is 5.56 Å². The van der Waals surface area contributed by atoms with Crippen LogP contribution in [0.1, 0.15) is 15.4 Å². The molecule has 12 heteroatoms. The number of hydrogen-bond acceptors (Lipinski definition) is 7. The summed E-state index contributed by atoms with van der Waals surface area (Å²) in [6.45, 7) is 0.332. The number of nitrogens with one attached hydrogen (secondary N) is 3. The van der Waals surface area contributed by atoms with Gasteiger partial charge in [0.15, 0.2) is 5.69 Å². The van der Waals surface area contributed by atoms with E-state index in [-0.39, 0.29) is 5.82 Å². The van der Waals surface area contributed by atoms with Crippen molar-refractivity contribution in [1.82, 2.24) is 15.3 Å². The van der Waals surface area contributed by atoms with Crippen molar-refractivity contribution in [3.8, 4) is 17.1 Å². The molecular formula is C15H11BrN4O5S2. The van der Waals surface area contributed by atoms with E-state index in [2.05, 4.69) is 36.5 Å². The van der Waals surface area contributed by atoms with Gasteiger partial charge >= 0.3 is 12.0 Å². The molecule has 0 aliphatic heterocycles. The van der Waals surface area contributed by atoms with Crippen molar-refractivity contribution in [2.75, 3.05) is 5.32 Å². The first-order valence-corrected chi connectivity index (χ1v) is 9.87. The Morgan fingerprint density at radius 1 is 1.30 bits per heavy atom. The number of carboxylic acid groups (broad SMARTS) is 1. The molecule has 140 valence electrons. The van der Waals surface area contributed by atoms with Gasteiger partial charge in [-0.25, -0.2) is 14.6 Å². The Morgan fingerprint density at radius 3 is 2.74 bits per heavy atom. The minimum absolute atomic E-state index is 0.0751.